The third-order valence-corrected chi connectivity index (χ3v) is 4.91. The van der Waals surface area contributed by atoms with E-state index in [0.717, 1.165) is 11.0 Å². The van der Waals surface area contributed by atoms with E-state index in [1.165, 1.54) is 25.7 Å². The molecule has 0 atom stereocenters. The largest absolute Gasteiger partial charge is 0.466 e. The van der Waals surface area contributed by atoms with Crippen LogP contribution in [-0.2, 0) is 16.1 Å². The molecule has 1 heterocycles. The van der Waals surface area contributed by atoms with Crippen LogP contribution in [0.25, 0.3) is 10.9 Å². The molecule has 1 aromatic heterocycles. The Kier molecular flexibility index (Phi) is 5.68. The van der Waals surface area contributed by atoms with E-state index in [0.29, 0.717) is 29.7 Å². The van der Waals surface area contributed by atoms with Crippen LogP contribution in [0.15, 0.2) is 33.9 Å². The number of ether oxygens (including phenoxy) is 1. The van der Waals surface area contributed by atoms with Gasteiger partial charge in [-0.05, 0) is 30.9 Å². The molecular weight excluding hydrogens is 320 g/mol. The topological polar surface area (TPSA) is 81.2 Å². The number of aromatic amines is 1. The Morgan fingerprint density at radius 1 is 1.20 bits per heavy atom. The highest BCUT2D eigenvalue weighted by Crippen LogP contribution is 2.28. The summed E-state index contributed by atoms with van der Waals surface area (Å²) >= 11 is 0. The Labute approximate surface area is 145 Å². The SMILES string of the molecule is O=C(CCC1CCCC1)OCCCn1c(=O)[nH]c2ccccc2c1=O. The summed E-state index contributed by atoms with van der Waals surface area (Å²) in [6, 6.07) is 6.92. The zero-order valence-corrected chi connectivity index (χ0v) is 14.3. The number of benzene rings is 1. The number of nitrogens with zero attached hydrogens (tertiary/aromatic N) is 1. The van der Waals surface area contributed by atoms with Crippen molar-refractivity contribution in [3.8, 4) is 0 Å². The molecule has 6 heteroatoms. The van der Waals surface area contributed by atoms with Crippen molar-refractivity contribution < 1.29 is 9.53 Å². The van der Waals surface area contributed by atoms with Crippen molar-refractivity contribution in [3.63, 3.8) is 0 Å². The zero-order valence-electron chi connectivity index (χ0n) is 14.3. The van der Waals surface area contributed by atoms with Crippen LogP contribution >= 0.6 is 0 Å². The summed E-state index contributed by atoms with van der Waals surface area (Å²) in [7, 11) is 0. The van der Waals surface area contributed by atoms with Gasteiger partial charge in [0.25, 0.3) is 5.56 Å². The molecule has 0 unspecified atom stereocenters. The fourth-order valence-corrected chi connectivity index (χ4v) is 3.50. The third-order valence-electron chi connectivity index (χ3n) is 4.91. The molecule has 3 rings (SSSR count). The first-order valence-corrected chi connectivity index (χ1v) is 9.02. The number of H-pyrrole nitrogens is 1. The van der Waals surface area contributed by atoms with Gasteiger partial charge in [0.15, 0.2) is 0 Å². The van der Waals surface area contributed by atoms with Gasteiger partial charge in [0, 0.05) is 13.0 Å². The van der Waals surface area contributed by atoms with Crippen molar-refractivity contribution in [1.29, 1.82) is 0 Å². The monoisotopic (exact) mass is 344 g/mol. The van der Waals surface area contributed by atoms with E-state index in [9.17, 15) is 14.4 Å². The molecule has 1 aliphatic carbocycles. The van der Waals surface area contributed by atoms with Crippen LogP contribution < -0.4 is 11.2 Å². The lowest BCUT2D eigenvalue weighted by atomic mass is 10.0. The van der Waals surface area contributed by atoms with Crippen molar-refractivity contribution in [3.05, 3.63) is 45.1 Å². The third kappa shape index (κ3) is 4.38. The first-order valence-electron chi connectivity index (χ1n) is 9.02. The van der Waals surface area contributed by atoms with Crippen LogP contribution in [0, 0.1) is 5.92 Å². The minimum atomic E-state index is -0.434. The predicted octanol–water partition coefficient (Wildman–Crippen LogP) is 2.59. The summed E-state index contributed by atoms with van der Waals surface area (Å²) in [5, 5.41) is 0.482. The number of rotatable bonds is 7. The predicted molar refractivity (Wildman–Crippen MR) is 95.6 cm³/mol. The van der Waals surface area contributed by atoms with Gasteiger partial charge in [-0.3, -0.25) is 14.2 Å². The van der Waals surface area contributed by atoms with Gasteiger partial charge >= 0.3 is 11.7 Å². The molecule has 25 heavy (non-hydrogen) atoms. The van der Waals surface area contributed by atoms with Gasteiger partial charge in [-0.2, -0.15) is 0 Å². The number of para-hydroxylation sites is 1. The van der Waals surface area contributed by atoms with Gasteiger partial charge < -0.3 is 9.72 Å². The molecule has 134 valence electrons. The molecule has 0 bridgehead atoms. The maximum Gasteiger partial charge on any atom is 0.328 e. The lowest BCUT2D eigenvalue weighted by Crippen LogP contribution is -2.35. The van der Waals surface area contributed by atoms with E-state index >= 15 is 0 Å². The molecule has 6 nitrogen and oxygen atoms in total. The Bertz CT molecular complexity index is 846. The number of carbonyl (C=O) groups excluding carboxylic acids is 1. The number of aromatic nitrogens is 2. The van der Waals surface area contributed by atoms with E-state index in [4.69, 9.17) is 4.74 Å². The average Bonchev–Trinajstić information content (AvgIpc) is 3.12. The number of esters is 1. The summed E-state index contributed by atoms with van der Waals surface area (Å²) < 4.78 is 6.39. The molecule has 0 radical (unpaired) electrons. The molecule has 1 aromatic carbocycles. The number of nitrogens with one attached hydrogen (secondary N) is 1. The average molecular weight is 344 g/mol. The van der Waals surface area contributed by atoms with Gasteiger partial charge in [0.2, 0.25) is 0 Å². The smallest absolute Gasteiger partial charge is 0.328 e. The van der Waals surface area contributed by atoms with E-state index in [1.807, 2.05) is 0 Å². The lowest BCUT2D eigenvalue weighted by Gasteiger charge is -2.09. The van der Waals surface area contributed by atoms with Crippen LogP contribution in [0.2, 0.25) is 0 Å². The van der Waals surface area contributed by atoms with Gasteiger partial charge in [0.1, 0.15) is 0 Å². The first-order chi connectivity index (χ1) is 12.1. The van der Waals surface area contributed by atoms with Crippen LogP contribution in [0.3, 0.4) is 0 Å². The highest BCUT2D eigenvalue weighted by atomic mass is 16.5. The minimum Gasteiger partial charge on any atom is -0.466 e. The molecule has 2 aromatic rings. The first kappa shape index (κ1) is 17.5. The second kappa shape index (κ2) is 8.14. The summed E-state index contributed by atoms with van der Waals surface area (Å²) in [5.74, 6) is 0.481. The van der Waals surface area contributed by atoms with Crippen molar-refractivity contribution in [2.24, 2.45) is 5.92 Å². The zero-order chi connectivity index (χ0) is 17.6. The van der Waals surface area contributed by atoms with Crippen molar-refractivity contribution in [2.75, 3.05) is 6.61 Å². The fourth-order valence-electron chi connectivity index (χ4n) is 3.50. The molecule has 1 saturated carbocycles. The Morgan fingerprint density at radius 3 is 2.76 bits per heavy atom. The summed E-state index contributed by atoms with van der Waals surface area (Å²) in [6.07, 6.45) is 6.80. The summed E-state index contributed by atoms with van der Waals surface area (Å²) in [5.41, 5.74) is -0.213. The molecular formula is C19H24N2O4. The second-order valence-electron chi connectivity index (χ2n) is 6.70. The van der Waals surface area contributed by atoms with Crippen LogP contribution in [-0.4, -0.2) is 22.1 Å². The molecule has 0 saturated heterocycles. The number of hydrogen-bond acceptors (Lipinski definition) is 4. The van der Waals surface area contributed by atoms with Crippen molar-refractivity contribution in [1.82, 2.24) is 9.55 Å². The van der Waals surface area contributed by atoms with Gasteiger partial charge in [0.05, 0.1) is 17.5 Å². The fraction of sp³-hybridized carbons (Fsp3) is 0.526. The van der Waals surface area contributed by atoms with E-state index in [-0.39, 0.29) is 24.7 Å². The minimum absolute atomic E-state index is 0.188. The standard InChI is InChI=1S/C19H24N2O4/c22-17(11-10-14-6-1-2-7-14)25-13-5-12-21-18(23)15-8-3-4-9-16(15)20-19(21)24/h3-4,8-9,14H,1-2,5-7,10-13H2,(H,20,24). The number of hydrogen-bond donors (Lipinski definition) is 1. The Hall–Kier alpha value is -2.37. The molecule has 1 fully saturated rings. The molecule has 0 spiro atoms. The lowest BCUT2D eigenvalue weighted by molar-refractivity contribution is -0.144. The van der Waals surface area contributed by atoms with Gasteiger partial charge in [-0.1, -0.05) is 37.8 Å². The Morgan fingerprint density at radius 2 is 1.96 bits per heavy atom. The van der Waals surface area contributed by atoms with Crippen LogP contribution in [0.5, 0.6) is 0 Å². The maximum absolute atomic E-state index is 12.4. The second-order valence-corrected chi connectivity index (χ2v) is 6.70. The van der Waals surface area contributed by atoms with Gasteiger partial charge in [-0.25, -0.2) is 4.79 Å². The van der Waals surface area contributed by atoms with Crippen LogP contribution in [0.4, 0.5) is 0 Å². The van der Waals surface area contributed by atoms with E-state index < -0.39 is 5.69 Å². The van der Waals surface area contributed by atoms with Crippen molar-refractivity contribution in [2.45, 2.75) is 51.5 Å². The highest BCUT2D eigenvalue weighted by molar-refractivity contribution is 5.76. The maximum atomic E-state index is 12.4. The van der Waals surface area contributed by atoms with E-state index in [1.54, 1.807) is 24.3 Å². The summed E-state index contributed by atoms with van der Waals surface area (Å²) in [4.78, 5) is 38.9. The van der Waals surface area contributed by atoms with Gasteiger partial charge in [-0.15, -0.1) is 0 Å². The van der Waals surface area contributed by atoms with Crippen LogP contribution in [0.1, 0.15) is 44.9 Å². The highest BCUT2D eigenvalue weighted by Gasteiger charge is 2.16. The summed E-state index contributed by atoms with van der Waals surface area (Å²) in [6.45, 7) is 0.455. The molecule has 1 aliphatic rings. The molecule has 0 amide bonds. The van der Waals surface area contributed by atoms with E-state index in [2.05, 4.69) is 4.98 Å². The number of fused-ring (bicyclic) bond motifs is 1. The quantitative estimate of drug-likeness (QED) is 0.618. The number of carbonyl (C=O) groups is 1. The molecule has 1 N–H and O–H groups in total. The van der Waals surface area contributed by atoms with Crippen molar-refractivity contribution >= 4 is 16.9 Å². The Balaban J connectivity index is 1.49. The normalized spacial score (nSPS) is 14.9. The molecule has 0 aliphatic heterocycles.